The summed E-state index contributed by atoms with van der Waals surface area (Å²) >= 11 is 0. The van der Waals surface area contributed by atoms with Crippen LogP contribution in [0.1, 0.15) is 26.3 Å². The van der Waals surface area contributed by atoms with Crippen molar-refractivity contribution < 1.29 is 27.5 Å². The number of hydrogen-bond donors (Lipinski definition) is 1. The van der Waals surface area contributed by atoms with Gasteiger partial charge in [0, 0.05) is 19.2 Å². The largest absolute Gasteiger partial charge is 0.497 e. The Hall–Kier alpha value is -3.27. The van der Waals surface area contributed by atoms with Crippen LogP contribution in [0.5, 0.6) is 11.5 Å². The van der Waals surface area contributed by atoms with Crippen molar-refractivity contribution in [2.75, 3.05) is 37.9 Å². The van der Waals surface area contributed by atoms with Gasteiger partial charge in [0.2, 0.25) is 21.8 Å². The topological polar surface area (TPSA) is 105 Å². The zero-order valence-corrected chi connectivity index (χ0v) is 22.0. The lowest BCUT2D eigenvalue weighted by Gasteiger charge is -2.32. The zero-order chi connectivity index (χ0) is 26.2. The third-order valence-corrected chi connectivity index (χ3v) is 6.51. The van der Waals surface area contributed by atoms with Crippen molar-refractivity contribution in [2.45, 2.75) is 33.4 Å². The van der Waals surface area contributed by atoms with Crippen molar-refractivity contribution in [3.8, 4) is 11.5 Å². The second kappa shape index (κ2) is 12.4. The van der Waals surface area contributed by atoms with E-state index in [0.717, 1.165) is 16.1 Å². The number of nitrogens with zero attached hydrogens (tertiary/aromatic N) is 2. The highest BCUT2D eigenvalue weighted by Crippen LogP contribution is 2.33. The third-order valence-electron chi connectivity index (χ3n) is 5.38. The number of anilines is 1. The molecule has 2 amide bonds. The van der Waals surface area contributed by atoms with Crippen LogP contribution in [-0.2, 0) is 26.2 Å². The predicted molar refractivity (Wildman–Crippen MR) is 136 cm³/mol. The molecule has 0 radical (unpaired) electrons. The molecule has 9 nitrogen and oxygen atoms in total. The Morgan fingerprint density at radius 2 is 1.66 bits per heavy atom. The van der Waals surface area contributed by atoms with Crippen molar-refractivity contribution in [3.05, 3.63) is 54.1 Å². The van der Waals surface area contributed by atoms with Gasteiger partial charge in [0.15, 0.2) is 0 Å². The van der Waals surface area contributed by atoms with Crippen molar-refractivity contribution in [3.63, 3.8) is 0 Å². The van der Waals surface area contributed by atoms with Crippen LogP contribution in [0, 0.1) is 5.92 Å². The van der Waals surface area contributed by atoms with Gasteiger partial charge in [0.05, 0.1) is 26.2 Å². The van der Waals surface area contributed by atoms with E-state index in [4.69, 9.17) is 9.47 Å². The number of methoxy groups -OCH3 is 2. The predicted octanol–water partition coefficient (Wildman–Crippen LogP) is 2.66. The van der Waals surface area contributed by atoms with Crippen molar-refractivity contribution in [1.82, 2.24) is 10.2 Å². The molecule has 1 unspecified atom stereocenters. The van der Waals surface area contributed by atoms with Crippen LogP contribution in [0.15, 0.2) is 48.5 Å². The SMILES string of the molecule is COc1ccc(N(CC(=O)N(Cc2ccccc2)C(C)C(=O)NCC(C)C)S(C)(=O)=O)c(OC)c1. The summed E-state index contributed by atoms with van der Waals surface area (Å²) in [4.78, 5) is 27.8. The lowest BCUT2D eigenvalue weighted by Crippen LogP contribution is -2.51. The van der Waals surface area contributed by atoms with Crippen molar-refractivity contribution in [2.24, 2.45) is 5.92 Å². The lowest BCUT2D eigenvalue weighted by molar-refractivity contribution is -0.139. The Kier molecular flexibility index (Phi) is 9.94. The van der Waals surface area contributed by atoms with Gasteiger partial charge in [-0.15, -0.1) is 0 Å². The van der Waals surface area contributed by atoms with E-state index in [1.807, 2.05) is 44.2 Å². The molecule has 0 aliphatic heterocycles. The van der Waals surface area contributed by atoms with Crippen LogP contribution in [0.2, 0.25) is 0 Å². The van der Waals surface area contributed by atoms with Crippen LogP contribution >= 0.6 is 0 Å². The molecule has 0 fully saturated rings. The molecule has 1 atom stereocenters. The maximum atomic E-state index is 13.6. The molecule has 0 heterocycles. The highest BCUT2D eigenvalue weighted by atomic mass is 32.2. The molecule has 2 rings (SSSR count). The Morgan fingerprint density at radius 1 is 1.00 bits per heavy atom. The molecule has 0 spiro atoms. The molecular formula is C25H35N3O6S. The summed E-state index contributed by atoms with van der Waals surface area (Å²) in [6, 6.07) is 13.1. The fourth-order valence-electron chi connectivity index (χ4n) is 3.40. The fourth-order valence-corrected chi connectivity index (χ4v) is 4.25. The molecule has 35 heavy (non-hydrogen) atoms. The van der Waals surface area contributed by atoms with Gasteiger partial charge in [-0.25, -0.2) is 8.42 Å². The summed E-state index contributed by atoms with van der Waals surface area (Å²) in [7, 11) is -0.983. The first kappa shape index (κ1) is 28.0. The number of hydrogen-bond acceptors (Lipinski definition) is 6. The molecule has 10 heteroatoms. The smallest absolute Gasteiger partial charge is 0.244 e. The zero-order valence-electron chi connectivity index (χ0n) is 21.1. The van der Waals surface area contributed by atoms with E-state index in [1.165, 1.54) is 25.2 Å². The van der Waals surface area contributed by atoms with Gasteiger partial charge in [0.25, 0.3) is 0 Å². The lowest BCUT2D eigenvalue weighted by atomic mass is 10.1. The molecular weight excluding hydrogens is 470 g/mol. The molecule has 0 aliphatic rings. The van der Waals surface area contributed by atoms with Crippen molar-refractivity contribution in [1.29, 1.82) is 0 Å². The van der Waals surface area contributed by atoms with Crippen LogP contribution in [0.3, 0.4) is 0 Å². The molecule has 0 bridgehead atoms. The summed E-state index contributed by atoms with van der Waals surface area (Å²) in [5.74, 6) is 0.124. The molecule has 192 valence electrons. The van der Waals surface area contributed by atoms with Gasteiger partial charge in [-0.2, -0.15) is 0 Å². The monoisotopic (exact) mass is 505 g/mol. The summed E-state index contributed by atoms with van der Waals surface area (Å²) in [6.45, 7) is 5.70. The maximum absolute atomic E-state index is 13.6. The maximum Gasteiger partial charge on any atom is 0.244 e. The first-order valence-electron chi connectivity index (χ1n) is 11.3. The Morgan fingerprint density at radius 3 is 2.20 bits per heavy atom. The molecule has 1 N–H and O–H groups in total. The fraction of sp³-hybridized carbons (Fsp3) is 0.440. The number of rotatable bonds is 12. The van der Waals surface area contributed by atoms with Gasteiger partial charge in [0.1, 0.15) is 24.1 Å². The Balaban J connectivity index is 2.41. The van der Waals surface area contributed by atoms with E-state index in [2.05, 4.69) is 5.32 Å². The number of carbonyl (C=O) groups is 2. The van der Waals surface area contributed by atoms with E-state index in [9.17, 15) is 18.0 Å². The van der Waals surface area contributed by atoms with Crippen molar-refractivity contribution >= 4 is 27.5 Å². The Labute approximate surface area is 208 Å². The van der Waals surface area contributed by atoms with Gasteiger partial charge in [-0.1, -0.05) is 44.2 Å². The highest BCUT2D eigenvalue weighted by Gasteiger charge is 2.31. The quantitative estimate of drug-likeness (QED) is 0.476. The first-order chi connectivity index (χ1) is 16.5. The van der Waals surface area contributed by atoms with E-state index in [0.29, 0.717) is 12.3 Å². The molecule has 2 aromatic rings. The van der Waals surface area contributed by atoms with E-state index in [1.54, 1.807) is 19.1 Å². The first-order valence-corrected chi connectivity index (χ1v) is 13.1. The number of nitrogens with one attached hydrogen (secondary N) is 1. The van der Waals surface area contributed by atoms with Gasteiger partial charge in [-0.05, 0) is 30.5 Å². The summed E-state index contributed by atoms with van der Waals surface area (Å²) in [6.07, 6.45) is 1.02. The molecule has 0 aliphatic carbocycles. The minimum absolute atomic E-state index is 0.146. The average molecular weight is 506 g/mol. The molecule has 2 aromatic carbocycles. The van der Waals surface area contributed by atoms with Gasteiger partial charge in [-0.3, -0.25) is 13.9 Å². The Bertz CT molecular complexity index is 1110. The van der Waals surface area contributed by atoms with E-state index < -0.39 is 28.5 Å². The van der Waals surface area contributed by atoms with E-state index >= 15 is 0 Å². The van der Waals surface area contributed by atoms with Crippen LogP contribution in [-0.4, -0.2) is 64.7 Å². The highest BCUT2D eigenvalue weighted by molar-refractivity contribution is 7.92. The van der Waals surface area contributed by atoms with Crippen LogP contribution < -0.4 is 19.1 Å². The number of benzene rings is 2. The second-order valence-electron chi connectivity index (χ2n) is 8.63. The normalized spacial score (nSPS) is 12.1. The van der Waals surface area contributed by atoms with Gasteiger partial charge < -0.3 is 19.7 Å². The summed E-state index contributed by atoms with van der Waals surface area (Å²) < 4.78 is 37.0. The average Bonchev–Trinajstić information content (AvgIpc) is 2.83. The second-order valence-corrected chi connectivity index (χ2v) is 10.5. The van der Waals surface area contributed by atoms with Crippen LogP contribution in [0.25, 0.3) is 0 Å². The molecule has 0 saturated heterocycles. The third kappa shape index (κ3) is 7.88. The summed E-state index contributed by atoms with van der Waals surface area (Å²) in [5.41, 5.74) is 1.01. The minimum Gasteiger partial charge on any atom is -0.497 e. The van der Waals surface area contributed by atoms with E-state index in [-0.39, 0.29) is 29.8 Å². The number of ether oxygens (including phenoxy) is 2. The summed E-state index contributed by atoms with van der Waals surface area (Å²) in [5, 5.41) is 2.85. The number of carbonyl (C=O) groups excluding carboxylic acids is 2. The molecule has 0 aromatic heterocycles. The van der Waals surface area contributed by atoms with Gasteiger partial charge >= 0.3 is 0 Å². The number of sulfonamides is 1. The minimum atomic E-state index is -3.87. The molecule has 0 saturated carbocycles. The van der Waals surface area contributed by atoms with Crippen LogP contribution in [0.4, 0.5) is 5.69 Å². The number of amides is 2. The standard InChI is InChI=1S/C25H35N3O6S/c1-18(2)15-26-25(30)19(3)27(16-20-10-8-7-9-11-20)24(29)17-28(35(6,31)32)22-13-12-21(33-4)14-23(22)34-5/h7-14,18-19H,15-17H2,1-6H3,(H,26,30).